The van der Waals surface area contributed by atoms with Gasteiger partial charge in [-0.25, -0.2) is 4.98 Å². The van der Waals surface area contributed by atoms with E-state index in [1.807, 2.05) is 31.3 Å². The van der Waals surface area contributed by atoms with Crippen molar-refractivity contribution in [1.82, 2.24) is 9.88 Å². The van der Waals surface area contributed by atoms with E-state index in [1.54, 1.807) is 0 Å². The third kappa shape index (κ3) is 3.16. The smallest absolute Gasteiger partial charge is 0.127 e. The van der Waals surface area contributed by atoms with E-state index in [2.05, 4.69) is 46.3 Å². The number of nitrogens with zero attached hydrogens (tertiary/aromatic N) is 3. The van der Waals surface area contributed by atoms with Crippen LogP contribution < -0.4 is 4.90 Å². The molecule has 132 valence electrons. The highest BCUT2D eigenvalue weighted by Gasteiger charge is 2.48. The van der Waals surface area contributed by atoms with Gasteiger partial charge in [0.25, 0.3) is 0 Å². The average Bonchev–Trinajstić information content (AvgIpc) is 2.87. The van der Waals surface area contributed by atoms with Gasteiger partial charge >= 0.3 is 0 Å². The molecule has 0 aliphatic carbocycles. The monoisotopic (exact) mass is 337 g/mol. The summed E-state index contributed by atoms with van der Waals surface area (Å²) in [4.78, 5) is 9.10. The highest BCUT2D eigenvalue weighted by molar-refractivity contribution is 5.38. The Morgan fingerprint density at radius 3 is 2.32 bits per heavy atom. The Hall–Kier alpha value is -1.91. The predicted molar refractivity (Wildman–Crippen MR) is 100 cm³/mol. The molecule has 2 atom stereocenters. The second kappa shape index (κ2) is 6.43. The lowest BCUT2D eigenvalue weighted by molar-refractivity contribution is -0.0597. The molecule has 0 radical (unpaired) electrons. The Morgan fingerprint density at radius 2 is 1.76 bits per heavy atom. The fourth-order valence-corrected chi connectivity index (χ4v) is 4.53. The van der Waals surface area contributed by atoms with Gasteiger partial charge in [0.1, 0.15) is 5.82 Å². The van der Waals surface area contributed by atoms with Crippen molar-refractivity contribution in [3.63, 3.8) is 0 Å². The maximum Gasteiger partial charge on any atom is 0.127 e. The lowest BCUT2D eigenvalue weighted by atomic mass is 9.81. The Morgan fingerprint density at radius 1 is 1.08 bits per heavy atom. The Labute approximate surface area is 150 Å². The van der Waals surface area contributed by atoms with Crippen LogP contribution in [-0.2, 0) is 12.1 Å². The van der Waals surface area contributed by atoms with Gasteiger partial charge in [-0.1, -0.05) is 36.4 Å². The van der Waals surface area contributed by atoms with Crippen LogP contribution in [0.3, 0.4) is 0 Å². The minimum absolute atomic E-state index is 0.456. The topological polar surface area (TPSA) is 39.6 Å². The van der Waals surface area contributed by atoms with Crippen LogP contribution in [0.25, 0.3) is 0 Å². The van der Waals surface area contributed by atoms with Crippen molar-refractivity contribution in [3.8, 4) is 0 Å². The summed E-state index contributed by atoms with van der Waals surface area (Å²) in [6, 6.07) is 15.6. The summed E-state index contributed by atoms with van der Waals surface area (Å²) in [5.41, 5.74) is 1.59. The van der Waals surface area contributed by atoms with E-state index in [9.17, 15) is 5.11 Å². The third-order valence-corrected chi connectivity index (χ3v) is 5.87. The number of rotatable bonds is 4. The van der Waals surface area contributed by atoms with Crippen molar-refractivity contribution in [3.05, 3.63) is 59.8 Å². The lowest BCUT2D eigenvalue weighted by Gasteiger charge is -2.44. The van der Waals surface area contributed by atoms with Crippen LogP contribution >= 0.6 is 0 Å². The van der Waals surface area contributed by atoms with Gasteiger partial charge in [0.05, 0.1) is 5.60 Å². The minimum atomic E-state index is -0.739. The Bertz CT molecular complexity index is 700. The highest BCUT2D eigenvalue weighted by Crippen LogP contribution is 2.46. The van der Waals surface area contributed by atoms with E-state index in [1.165, 1.54) is 18.4 Å². The van der Waals surface area contributed by atoms with Crippen molar-refractivity contribution in [2.75, 3.05) is 19.0 Å². The van der Waals surface area contributed by atoms with Gasteiger partial charge < -0.3 is 10.0 Å². The van der Waals surface area contributed by atoms with Crippen molar-refractivity contribution in [2.24, 2.45) is 0 Å². The Balaban J connectivity index is 1.52. The molecule has 2 aromatic rings. The van der Waals surface area contributed by atoms with Crippen molar-refractivity contribution in [2.45, 2.75) is 49.9 Å². The van der Waals surface area contributed by atoms with Crippen LogP contribution in [-0.4, -0.2) is 41.2 Å². The zero-order valence-electron chi connectivity index (χ0n) is 15.1. The molecular formula is C21H27N3O. The molecule has 2 unspecified atom stereocenters. The first kappa shape index (κ1) is 16.6. The first-order valence-corrected chi connectivity index (χ1v) is 9.21. The fraction of sp³-hybridized carbons (Fsp3) is 0.476. The zero-order chi connectivity index (χ0) is 17.4. The quantitative estimate of drug-likeness (QED) is 0.930. The van der Waals surface area contributed by atoms with Crippen LogP contribution in [0.15, 0.2) is 48.7 Å². The molecule has 0 amide bonds. The van der Waals surface area contributed by atoms with Gasteiger partial charge in [0.2, 0.25) is 0 Å². The average molecular weight is 337 g/mol. The molecule has 3 heterocycles. The largest absolute Gasteiger partial charge is 0.385 e. The number of pyridine rings is 1. The zero-order valence-corrected chi connectivity index (χ0v) is 15.1. The number of fused-ring (bicyclic) bond motifs is 2. The van der Waals surface area contributed by atoms with Crippen molar-refractivity contribution >= 4 is 5.82 Å². The predicted octanol–water partition coefficient (Wildman–Crippen LogP) is 3.16. The SMILES string of the molecule is CN(C)c1ccc(C2(O)CC3CCC(C2)N3Cc2ccccc2)cn1. The Kier molecular flexibility index (Phi) is 4.26. The van der Waals surface area contributed by atoms with Gasteiger partial charge in [-0.3, -0.25) is 4.90 Å². The number of anilines is 1. The molecule has 25 heavy (non-hydrogen) atoms. The summed E-state index contributed by atoms with van der Waals surface area (Å²) in [5.74, 6) is 0.928. The molecular weight excluding hydrogens is 310 g/mol. The van der Waals surface area contributed by atoms with E-state index in [0.29, 0.717) is 12.1 Å². The molecule has 2 fully saturated rings. The molecule has 0 spiro atoms. The summed E-state index contributed by atoms with van der Waals surface area (Å²) in [7, 11) is 3.97. The molecule has 2 saturated heterocycles. The maximum atomic E-state index is 11.4. The van der Waals surface area contributed by atoms with Crippen LogP contribution in [0.5, 0.6) is 0 Å². The molecule has 4 nitrogen and oxygen atoms in total. The van der Waals surface area contributed by atoms with E-state index in [4.69, 9.17) is 0 Å². The maximum absolute atomic E-state index is 11.4. The van der Waals surface area contributed by atoms with Gasteiger partial charge in [0, 0.05) is 44.5 Å². The molecule has 4 heteroatoms. The first-order valence-electron chi connectivity index (χ1n) is 9.21. The van der Waals surface area contributed by atoms with Crippen molar-refractivity contribution < 1.29 is 5.11 Å². The molecule has 0 saturated carbocycles. The fourth-order valence-electron chi connectivity index (χ4n) is 4.53. The van der Waals surface area contributed by atoms with Crippen LogP contribution in [0.2, 0.25) is 0 Å². The number of benzene rings is 1. The molecule has 4 rings (SSSR count). The van der Waals surface area contributed by atoms with E-state index in [0.717, 1.165) is 30.8 Å². The molecule has 1 aromatic carbocycles. The summed E-state index contributed by atoms with van der Waals surface area (Å²) in [6.07, 6.45) is 5.84. The van der Waals surface area contributed by atoms with Crippen LogP contribution in [0, 0.1) is 0 Å². The number of aromatic nitrogens is 1. The second-order valence-electron chi connectivity index (χ2n) is 7.78. The first-order chi connectivity index (χ1) is 12.0. The third-order valence-electron chi connectivity index (χ3n) is 5.87. The second-order valence-corrected chi connectivity index (χ2v) is 7.78. The molecule has 1 aromatic heterocycles. The minimum Gasteiger partial charge on any atom is -0.385 e. The van der Waals surface area contributed by atoms with E-state index >= 15 is 0 Å². The number of aliphatic hydroxyl groups is 1. The van der Waals surface area contributed by atoms with Gasteiger partial charge in [-0.15, -0.1) is 0 Å². The normalized spacial score (nSPS) is 28.9. The van der Waals surface area contributed by atoms with E-state index in [-0.39, 0.29) is 0 Å². The van der Waals surface area contributed by atoms with Gasteiger partial charge in [0.15, 0.2) is 0 Å². The summed E-state index contributed by atoms with van der Waals surface area (Å²) < 4.78 is 0. The summed E-state index contributed by atoms with van der Waals surface area (Å²) in [5, 5.41) is 11.4. The number of hydrogen-bond acceptors (Lipinski definition) is 4. The number of hydrogen-bond donors (Lipinski definition) is 1. The summed E-state index contributed by atoms with van der Waals surface area (Å²) >= 11 is 0. The van der Waals surface area contributed by atoms with Crippen LogP contribution in [0.1, 0.15) is 36.8 Å². The highest BCUT2D eigenvalue weighted by atomic mass is 16.3. The number of piperidine rings is 1. The lowest BCUT2D eigenvalue weighted by Crippen LogP contribution is -2.49. The standard InChI is InChI=1S/C21H27N3O/c1-23(2)20-11-8-17(14-22-20)21(25)12-18-9-10-19(13-21)24(18)15-16-6-4-3-5-7-16/h3-8,11,14,18-19,25H,9-10,12-13,15H2,1-2H3. The van der Waals surface area contributed by atoms with E-state index < -0.39 is 5.60 Å². The van der Waals surface area contributed by atoms with Gasteiger partial charge in [-0.05, 0) is 37.3 Å². The molecule has 1 N–H and O–H groups in total. The molecule has 2 aliphatic rings. The molecule has 2 aliphatic heterocycles. The van der Waals surface area contributed by atoms with Crippen LogP contribution in [0.4, 0.5) is 5.82 Å². The molecule has 2 bridgehead atoms. The van der Waals surface area contributed by atoms with Crippen molar-refractivity contribution in [1.29, 1.82) is 0 Å². The van der Waals surface area contributed by atoms with Gasteiger partial charge in [-0.2, -0.15) is 0 Å². The summed E-state index contributed by atoms with van der Waals surface area (Å²) in [6.45, 7) is 0.990.